The molecular formula is C13H25NO4S. The maximum atomic E-state index is 12.1. The van der Waals surface area contributed by atoms with Crippen molar-refractivity contribution in [1.29, 1.82) is 0 Å². The minimum atomic E-state index is -3.39. The van der Waals surface area contributed by atoms with E-state index in [2.05, 4.69) is 4.72 Å². The molecule has 0 saturated heterocycles. The van der Waals surface area contributed by atoms with Gasteiger partial charge in [-0.1, -0.05) is 33.1 Å². The van der Waals surface area contributed by atoms with Crippen molar-refractivity contribution in [2.24, 2.45) is 5.92 Å². The molecule has 0 radical (unpaired) electrons. The maximum absolute atomic E-state index is 12.1. The molecule has 0 aromatic rings. The van der Waals surface area contributed by atoms with Gasteiger partial charge < -0.3 is 5.11 Å². The third-order valence-electron chi connectivity index (χ3n) is 3.64. The van der Waals surface area contributed by atoms with Crippen LogP contribution >= 0.6 is 0 Å². The zero-order valence-electron chi connectivity index (χ0n) is 11.8. The molecule has 1 aliphatic carbocycles. The summed E-state index contributed by atoms with van der Waals surface area (Å²) in [6.07, 6.45) is 4.56. The first kappa shape index (κ1) is 16.4. The maximum Gasteiger partial charge on any atom is 0.305 e. The molecule has 2 N–H and O–H groups in total. The number of carbonyl (C=O) groups is 1. The van der Waals surface area contributed by atoms with Gasteiger partial charge >= 0.3 is 5.97 Å². The molecule has 0 aromatic heterocycles. The average molecular weight is 291 g/mol. The molecule has 0 atom stereocenters. The van der Waals surface area contributed by atoms with E-state index in [9.17, 15) is 13.2 Å². The third kappa shape index (κ3) is 5.91. The normalized spacial score (nSPS) is 19.5. The number of hydrogen-bond acceptors (Lipinski definition) is 3. The average Bonchev–Trinajstić information content (AvgIpc) is 2.25. The molecular weight excluding hydrogens is 266 g/mol. The predicted octanol–water partition coefficient (Wildman–Crippen LogP) is 2.13. The second-order valence-electron chi connectivity index (χ2n) is 6.01. The van der Waals surface area contributed by atoms with Gasteiger partial charge in [-0.15, -0.1) is 0 Å². The van der Waals surface area contributed by atoms with Crippen LogP contribution in [0.3, 0.4) is 0 Å². The predicted molar refractivity (Wildman–Crippen MR) is 74.4 cm³/mol. The summed E-state index contributed by atoms with van der Waals surface area (Å²) >= 11 is 0. The molecule has 1 rings (SSSR count). The zero-order valence-corrected chi connectivity index (χ0v) is 12.6. The second-order valence-corrected chi connectivity index (χ2v) is 7.86. The van der Waals surface area contributed by atoms with Gasteiger partial charge in [0, 0.05) is 5.54 Å². The molecule has 0 aromatic carbocycles. The Morgan fingerprint density at radius 1 is 1.26 bits per heavy atom. The van der Waals surface area contributed by atoms with Crippen LogP contribution in [0, 0.1) is 5.92 Å². The van der Waals surface area contributed by atoms with E-state index in [1.165, 1.54) is 0 Å². The number of aliphatic carboxylic acids is 1. The summed E-state index contributed by atoms with van der Waals surface area (Å²) in [6, 6.07) is 0. The van der Waals surface area contributed by atoms with Crippen molar-refractivity contribution < 1.29 is 18.3 Å². The van der Waals surface area contributed by atoms with Crippen molar-refractivity contribution >= 4 is 16.0 Å². The van der Waals surface area contributed by atoms with E-state index in [1.54, 1.807) is 0 Å². The minimum Gasteiger partial charge on any atom is -0.481 e. The number of hydrogen-bond donors (Lipinski definition) is 2. The van der Waals surface area contributed by atoms with Crippen LogP contribution in [-0.4, -0.2) is 30.8 Å². The molecule has 1 saturated carbocycles. The monoisotopic (exact) mass is 291 g/mol. The third-order valence-corrected chi connectivity index (χ3v) is 5.15. The largest absolute Gasteiger partial charge is 0.481 e. The fraction of sp³-hybridized carbons (Fsp3) is 0.923. The van der Waals surface area contributed by atoms with Crippen LogP contribution < -0.4 is 4.72 Å². The molecule has 1 fully saturated rings. The van der Waals surface area contributed by atoms with E-state index in [0.29, 0.717) is 25.2 Å². The Labute approximate surface area is 115 Å². The van der Waals surface area contributed by atoms with Crippen molar-refractivity contribution in [1.82, 2.24) is 4.72 Å². The number of nitrogens with one attached hydrogen (secondary N) is 1. The lowest BCUT2D eigenvalue weighted by Gasteiger charge is -2.36. The first-order valence-corrected chi connectivity index (χ1v) is 8.63. The van der Waals surface area contributed by atoms with Crippen molar-refractivity contribution in [3.8, 4) is 0 Å². The first-order chi connectivity index (χ1) is 8.75. The summed E-state index contributed by atoms with van der Waals surface area (Å²) < 4.78 is 26.9. The fourth-order valence-corrected chi connectivity index (χ4v) is 4.42. The molecule has 19 heavy (non-hydrogen) atoms. The summed E-state index contributed by atoms with van der Waals surface area (Å²) in [5, 5.41) is 9.01. The summed E-state index contributed by atoms with van der Waals surface area (Å²) in [4.78, 5) is 11.0. The minimum absolute atomic E-state index is 0.0754. The van der Waals surface area contributed by atoms with E-state index < -0.39 is 21.5 Å². The van der Waals surface area contributed by atoms with Crippen LogP contribution in [0.15, 0.2) is 0 Å². The summed E-state index contributed by atoms with van der Waals surface area (Å²) in [5.74, 6) is -0.543. The lowest BCUT2D eigenvalue weighted by molar-refractivity contribution is -0.138. The number of carboxylic acid groups (broad SMARTS) is 1. The quantitative estimate of drug-likeness (QED) is 0.752. The number of carboxylic acids is 1. The van der Waals surface area contributed by atoms with Gasteiger partial charge in [0.25, 0.3) is 0 Å². The Hall–Kier alpha value is -0.620. The molecule has 0 heterocycles. The molecule has 0 amide bonds. The Balaban J connectivity index is 2.73. The lowest BCUT2D eigenvalue weighted by Crippen LogP contribution is -2.51. The summed E-state index contributed by atoms with van der Waals surface area (Å²) in [6.45, 7) is 3.95. The van der Waals surface area contributed by atoms with E-state index in [1.807, 2.05) is 13.8 Å². The van der Waals surface area contributed by atoms with Gasteiger partial charge in [-0.25, -0.2) is 13.1 Å². The van der Waals surface area contributed by atoms with E-state index in [-0.39, 0.29) is 12.2 Å². The first-order valence-electron chi connectivity index (χ1n) is 6.98. The van der Waals surface area contributed by atoms with Crippen LogP contribution in [0.4, 0.5) is 0 Å². The molecule has 1 aliphatic rings. The van der Waals surface area contributed by atoms with Gasteiger partial charge in [-0.05, 0) is 25.2 Å². The van der Waals surface area contributed by atoms with Crippen LogP contribution in [-0.2, 0) is 14.8 Å². The van der Waals surface area contributed by atoms with E-state index >= 15 is 0 Å². The fourth-order valence-electron chi connectivity index (χ4n) is 2.60. The van der Waals surface area contributed by atoms with Crippen molar-refractivity contribution in [3.05, 3.63) is 0 Å². The van der Waals surface area contributed by atoms with Gasteiger partial charge in [0.1, 0.15) is 0 Å². The standard InChI is InChI=1S/C13H25NO4S/c1-11(2)6-9-19(17,18)14-13(10-12(15)16)7-4-3-5-8-13/h11,14H,3-10H2,1-2H3,(H,15,16). The highest BCUT2D eigenvalue weighted by Crippen LogP contribution is 2.32. The van der Waals surface area contributed by atoms with Crippen LogP contribution in [0.25, 0.3) is 0 Å². The molecule has 0 aliphatic heterocycles. The lowest BCUT2D eigenvalue weighted by atomic mass is 9.80. The Bertz CT molecular complexity index is 397. The van der Waals surface area contributed by atoms with E-state index in [0.717, 1.165) is 19.3 Å². The summed E-state index contributed by atoms with van der Waals surface area (Å²) in [7, 11) is -3.39. The molecule has 0 spiro atoms. The van der Waals surface area contributed by atoms with Crippen molar-refractivity contribution in [2.75, 3.05) is 5.75 Å². The molecule has 112 valence electrons. The van der Waals surface area contributed by atoms with Gasteiger partial charge in [0.15, 0.2) is 0 Å². The SMILES string of the molecule is CC(C)CCS(=O)(=O)NC1(CC(=O)O)CCCCC1. The highest BCUT2D eigenvalue weighted by Gasteiger charge is 2.37. The van der Waals surface area contributed by atoms with Crippen LogP contribution in [0.5, 0.6) is 0 Å². The smallest absolute Gasteiger partial charge is 0.305 e. The van der Waals surface area contributed by atoms with Crippen LogP contribution in [0.1, 0.15) is 58.8 Å². The molecule has 0 bridgehead atoms. The Morgan fingerprint density at radius 3 is 2.32 bits per heavy atom. The summed E-state index contributed by atoms with van der Waals surface area (Å²) in [5.41, 5.74) is -0.764. The van der Waals surface area contributed by atoms with Gasteiger partial charge in [0.05, 0.1) is 12.2 Å². The van der Waals surface area contributed by atoms with Crippen molar-refractivity contribution in [3.63, 3.8) is 0 Å². The topological polar surface area (TPSA) is 83.5 Å². The van der Waals surface area contributed by atoms with Gasteiger partial charge in [-0.3, -0.25) is 4.79 Å². The van der Waals surface area contributed by atoms with Crippen LogP contribution in [0.2, 0.25) is 0 Å². The zero-order chi connectivity index (χ0) is 14.5. The second kappa shape index (κ2) is 6.70. The number of sulfonamides is 1. The highest BCUT2D eigenvalue weighted by atomic mass is 32.2. The van der Waals surface area contributed by atoms with Gasteiger partial charge in [0.2, 0.25) is 10.0 Å². The Morgan fingerprint density at radius 2 is 1.84 bits per heavy atom. The van der Waals surface area contributed by atoms with Gasteiger partial charge in [-0.2, -0.15) is 0 Å². The van der Waals surface area contributed by atoms with Crippen molar-refractivity contribution in [2.45, 2.75) is 64.3 Å². The molecule has 6 heteroatoms. The molecule has 0 unspecified atom stereocenters. The number of rotatable bonds is 7. The molecule has 5 nitrogen and oxygen atoms in total. The Kier molecular flexibility index (Phi) is 5.80. The highest BCUT2D eigenvalue weighted by molar-refractivity contribution is 7.89. The van der Waals surface area contributed by atoms with E-state index in [4.69, 9.17) is 5.11 Å².